The molecule has 4 nitrogen and oxygen atoms in total. The van der Waals surface area contributed by atoms with Gasteiger partial charge in [0, 0.05) is 42.9 Å². The molecule has 2 aromatic heterocycles. The first-order valence-corrected chi connectivity index (χ1v) is 19.6. The van der Waals surface area contributed by atoms with Gasteiger partial charge in [0.1, 0.15) is 0 Å². The van der Waals surface area contributed by atoms with Crippen LogP contribution in [0, 0.1) is 13.8 Å². The van der Waals surface area contributed by atoms with Crippen LogP contribution in [0.25, 0.3) is 65.2 Å². The van der Waals surface area contributed by atoms with Crippen LogP contribution in [0.3, 0.4) is 0 Å². The van der Waals surface area contributed by atoms with Crippen LogP contribution >= 0.6 is 31.9 Å². The summed E-state index contributed by atoms with van der Waals surface area (Å²) in [5.74, 6) is 1.43. The third-order valence-electron chi connectivity index (χ3n) is 11.1. The Bertz CT molecular complexity index is 2620. The number of hydrogen-bond acceptors (Lipinski definition) is 4. The number of hydrogen-bond donors (Lipinski definition) is 0. The van der Waals surface area contributed by atoms with Crippen molar-refractivity contribution >= 4 is 97.0 Å². The molecule has 0 radical (unpaired) electrons. The molecule has 6 aromatic carbocycles. The lowest BCUT2D eigenvalue weighted by atomic mass is 9.90. The molecular formula is C44H38Br2N4. The van der Waals surface area contributed by atoms with Gasteiger partial charge in [-0.1, -0.05) is 93.9 Å². The molecule has 10 rings (SSSR count). The number of rotatable bonds is 2. The number of aromatic nitrogens is 4. The zero-order chi connectivity index (χ0) is 33.9. The summed E-state index contributed by atoms with van der Waals surface area (Å²) in [7, 11) is 0. The van der Waals surface area contributed by atoms with Crippen molar-refractivity contribution in [1.29, 1.82) is 0 Å². The summed E-state index contributed by atoms with van der Waals surface area (Å²) >= 11 is 7.11. The molecule has 0 aliphatic heterocycles. The summed E-state index contributed by atoms with van der Waals surface area (Å²) in [6.07, 6.45) is 14.5. The lowest BCUT2D eigenvalue weighted by Gasteiger charge is -2.16. The molecule has 2 aliphatic carbocycles. The van der Waals surface area contributed by atoms with Gasteiger partial charge in [-0.15, -0.1) is 0 Å². The molecule has 0 saturated heterocycles. The third-order valence-corrected chi connectivity index (χ3v) is 12.1. The smallest absolute Gasteiger partial charge is 0.0975 e. The Morgan fingerprint density at radius 2 is 0.800 bits per heavy atom. The summed E-state index contributed by atoms with van der Waals surface area (Å²) in [5.41, 5.74) is 8.95. The molecule has 0 bridgehead atoms. The van der Waals surface area contributed by atoms with E-state index in [1.54, 1.807) is 0 Å². The average molecular weight is 783 g/mol. The fourth-order valence-corrected chi connectivity index (χ4v) is 9.35. The van der Waals surface area contributed by atoms with Gasteiger partial charge in [0.2, 0.25) is 0 Å². The minimum absolute atomic E-state index is 0.715. The van der Waals surface area contributed by atoms with Crippen LogP contribution in [0.15, 0.2) is 94.1 Å². The molecule has 50 heavy (non-hydrogen) atoms. The van der Waals surface area contributed by atoms with Gasteiger partial charge in [-0.2, -0.15) is 0 Å². The molecule has 2 heterocycles. The molecule has 8 aromatic rings. The molecule has 0 unspecified atom stereocenters. The van der Waals surface area contributed by atoms with Crippen molar-refractivity contribution in [2.24, 2.45) is 0 Å². The zero-order valence-electron chi connectivity index (χ0n) is 28.4. The standard InChI is InChI=1S/C27H28N2.C17H10Br2N2/c1-17-16-28-26-24-14-20(18-6-2-3-7-18)10-12-22(24)23-13-11-21(19-8-4-5-9-19)15-25(23)27(26)29-17;1-9-8-20-16-14-6-10(18)2-4-12(14)13-5-3-11(19)7-15(13)17(16)21-9/h10-16,18-19H,2-9H2,1H3;2-8H,1H3. The molecule has 2 fully saturated rings. The van der Waals surface area contributed by atoms with Crippen molar-refractivity contribution in [2.75, 3.05) is 0 Å². The highest BCUT2D eigenvalue weighted by atomic mass is 79.9. The Balaban J connectivity index is 0.000000142. The summed E-state index contributed by atoms with van der Waals surface area (Å²) in [5, 5.41) is 9.86. The van der Waals surface area contributed by atoms with Crippen LogP contribution in [-0.4, -0.2) is 19.9 Å². The number of halogens is 2. The van der Waals surface area contributed by atoms with E-state index in [0.29, 0.717) is 11.8 Å². The van der Waals surface area contributed by atoms with Crippen LogP contribution in [0.1, 0.15) is 85.7 Å². The quantitative estimate of drug-likeness (QED) is 0.164. The van der Waals surface area contributed by atoms with Gasteiger partial charge >= 0.3 is 0 Å². The van der Waals surface area contributed by atoms with Gasteiger partial charge in [-0.3, -0.25) is 9.97 Å². The van der Waals surface area contributed by atoms with Gasteiger partial charge < -0.3 is 0 Å². The first-order chi connectivity index (χ1) is 24.4. The monoisotopic (exact) mass is 780 g/mol. The fourth-order valence-electron chi connectivity index (χ4n) is 8.63. The van der Waals surface area contributed by atoms with E-state index in [1.165, 1.54) is 94.8 Å². The molecule has 0 atom stereocenters. The van der Waals surface area contributed by atoms with E-state index < -0.39 is 0 Å². The van der Waals surface area contributed by atoms with E-state index >= 15 is 0 Å². The van der Waals surface area contributed by atoms with Crippen molar-refractivity contribution in [3.8, 4) is 0 Å². The minimum atomic E-state index is 0.715. The average Bonchev–Trinajstić information content (AvgIpc) is 3.88. The summed E-state index contributed by atoms with van der Waals surface area (Å²) < 4.78 is 2.10. The maximum Gasteiger partial charge on any atom is 0.0975 e. The topological polar surface area (TPSA) is 51.6 Å². The van der Waals surface area contributed by atoms with Gasteiger partial charge in [-0.25, -0.2) is 9.97 Å². The van der Waals surface area contributed by atoms with Crippen molar-refractivity contribution < 1.29 is 0 Å². The second kappa shape index (κ2) is 13.0. The molecular weight excluding hydrogens is 744 g/mol. The van der Waals surface area contributed by atoms with Gasteiger partial charge in [0.05, 0.1) is 33.5 Å². The van der Waals surface area contributed by atoms with Crippen molar-refractivity contribution in [3.63, 3.8) is 0 Å². The lowest BCUT2D eigenvalue weighted by molar-refractivity contribution is 0.724. The van der Waals surface area contributed by atoms with E-state index in [4.69, 9.17) is 15.0 Å². The lowest BCUT2D eigenvalue weighted by Crippen LogP contribution is -1.97. The molecule has 0 spiro atoms. The SMILES string of the molecule is Cc1cnc2c3cc(Br)ccc3c3ccc(Br)cc3c2n1.Cc1cnc2c3cc(C4CCCC4)ccc3c3ccc(C4CCCC4)cc3c2n1. The molecule has 2 saturated carbocycles. The van der Waals surface area contributed by atoms with E-state index in [1.807, 2.05) is 19.3 Å². The predicted octanol–water partition coefficient (Wildman–Crippen LogP) is 13.3. The van der Waals surface area contributed by atoms with E-state index in [-0.39, 0.29) is 0 Å². The van der Waals surface area contributed by atoms with Gasteiger partial charge in [0.15, 0.2) is 0 Å². The highest BCUT2D eigenvalue weighted by Crippen LogP contribution is 2.41. The van der Waals surface area contributed by atoms with Crippen LogP contribution in [0.2, 0.25) is 0 Å². The van der Waals surface area contributed by atoms with Crippen LogP contribution in [0.4, 0.5) is 0 Å². The first-order valence-electron chi connectivity index (χ1n) is 18.0. The number of aryl methyl sites for hydroxylation is 2. The molecule has 6 heteroatoms. The Labute approximate surface area is 309 Å². The van der Waals surface area contributed by atoms with Gasteiger partial charge in [-0.05, 0) is 120 Å². The van der Waals surface area contributed by atoms with Crippen molar-refractivity contribution in [1.82, 2.24) is 19.9 Å². The van der Waals surface area contributed by atoms with Crippen molar-refractivity contribution in [2.45, 2.75) is 77.0 Å². The molecule has 2 aliphatic rings. The second-order valence-corrected chi connectivity index (χ2v) is 16.2. The van der Waals surface area contributed by atoms with E-state index in [9.17, 15) is 0 Å². The summed E-state index contributed by atoms with van der Waals surface area (Å²) in [4.78, 5) is 19.2. The second-order valence-electron chi connectivity index (χ2n) is 14.4. The highest BCUT2D eigenvalue weighted by molar-refractivity contribution is 9.10. The molecule has 0 amide bonds. The van der Waals surface area contributed by atoms with Crippen molar-refractivity contribution in [3.05, 3.63) is 117 Å². The summed E-state index contributed by atoms with van der Waals surface area (Å²) in [6.45, 7) is 4.03. The Hall–Kier alpha value is -4.00. The Kier molecular flexibility index (Phi) is 8.28. The maximum atomic E-state index is 4.99. The predicted molar refractivity (Wildman–Crippen MR) is 216 cm³/mol. The van der Waals surface area contributed by atoms with Crippen LogP contribution in [-0.2, 0) is 0 Å². The molecule has 248 valence electrons. The number of nitrogens with zero attached hydrogens (tertiary/aromatic N) is 4. The van der Waals surface area contributed by atoms with Crippen LogP contribution in [0.5, 0.6) is 0 Å². The third kappa shape index (κ3) is 5.65. The highest BCUT2D eigenvalue weighted by Gasteiger charge is 2.21. The Morgan fingerprint density at radius 1 is 0.440 bits per heavy atom. The fraction of sp³-hybridized carbons (Fsp3) is 0.273. The largest absolute Gasteiger partial charge is 0.252 e. The Morgan fingerprint density at radius 3 is 1.24 bits per heavy atom. The van der Waals surface area contributed by atoms with E-state index in [0.717, 1.165) is 53.2 Å². The number of benzene rings is 6. The number of fused-ring (bicyclic) bond motifs is 12. The minimum Gasteiger partial charge on any atom is -0.252 e. The molecule has 0 N–H and O–H groups in total. The summed E-state index contributed by atoms with van der Waals surface area (Å²) in [6, 6.07) is 26.9. The van der Waals surface area contributed by atoms with E-state index in [2.05, 4.69) is 117 Å². The first kappa shape index (κ1) is 31.9. The zero-order valence-corrected chi connectivity index (χ0v) is 31.6. The maximum absolute atomic E-state index is 4.99. The van der Waals surface area contributed by atoms with Crippen LogP contribution < -0.4 is 0 Å². The normalized spacial score (nSPS) is 15.6. The van der Waals surface area contributed by atoms with Gasteiger partial charge in [0.25, 0.3) is 0 Å².